The molecule has 630 valence electrons. The van der Waals surface area contributed by atoms with Crippen LogP contribution in [0.4, 0.5) is 0 Å². The Morgan fingerprint density at radius 3 is 0.642 bits per heavy atom. The van der Waals surface area contributed by atoms with Crippen molar-refractivity contribution < 1.29 is 80.2 Å². The van der Waals surface area contributed by atoms with Gasteiger partial charge >= 0.3 is 39.5 Å². The molecule has 0 aliphatic heterocycles. The molecule has 19 heteroatoms. The number of carbonyl (C=O) groups is 4. The van der Waals surface area contributed by atoms with Gasteiger partial charge in [-0.25, -0.2) is 9.13 Å². The van der Waals surface area contributed by atoms with E-state index in [-0.39, 0.29) is 25.7 Å². The summed E-state index contributed by atoms with van der Waals surface area (Å²) in [5.41, 5.74) is 0. The van der Waals surface area contributed by atoms with Crippen LogP contribution in [0.25, 0.3) is 0 Å². The Kier molecular flexibility index (Phi) is 76.9. The highest BCUT2D eigenvalue weighted by atomic mass is 31.2. The molecule has 106 heavy (non-hydrogen) atoms. The van der Waals surface area contributed by atoms with Gasteiger partial charge in [0.1, 0.15) is 19.3 Å². The zero-order chi connectivity index (χ0) is 77.8. The minimum atomic E-state index is -4.97. The van der Waals surface area contributed by atoms with Crippen LogP contribution in [0.5, 0.6) is 0 Å². The molecule has 0 rings (SSSR count). The van der Waals surface area contributed by atoms with Crippen LogP contribution in [0.15, 0.2) is 0 Å². The fourth-order valence-corrected chi connectivity index (χ4v) is 15.2. The summed E-state index contributed by atoms with van der Waals surface area (Å²) in [6.45, 7) is 9.73. The molecule has 3 N–H and O–H groups in total. The van der Waals surface area contributed by atoms with Gasteiger partial charge in [0.25, 0.3) is 0 Å². The van der Waals surface area contributed by atoms with Gasteiger partial charge < -0.3 is 33.8 Å². The van der Waals surface area contributed by atoms with Gasteiger partial charge in [-0.15, -0.1) is 0 Å². The van der Waals surface area contributed by atoms with Crippen molar-refractivity contribution in [2.45, 2.75) is 484 Å². The van der Waals surface area contributed by atoms with E-state index in [9.17, 15) is 43.2 Å². The number of rotatable bonds is 86. The molecule has 0 aromatic carbocycles. The number of carbonyl (C=O) groups excluding carboxylic acids is 4. The molecule has 0 aromatic rings. The first-order valence-electron chi connectivity index (χ1n) is 45.0. The number of phosphoric ester groups is 2. The van der Waals surface area contributed by atoms with Crippen molar-refractivity contribution in [3.8, 4) is 0 Å². The summed E-state index contributed by atoms with van der Waals surface area (Å²) in [6, 6.07) is 0. The Labute approximate surface area is 651 Å². The third-order valence-corrected chi connectivity index (χ3v) is 22.4. The van der Waals surface area contributed by atoms with Gasteiger partial charge in [0.05, 0.1) is 26.4 Å². The lowest BCUT2D eigenvalue weighted by Crippen LogP contribution is -2.30. The van der Waals surface area contributed by atoms with E-state index in [4.69, 9.17) is 37.0 Å². The standard InChI is InChI=1S/C87H170O17P2/c1-7-9-11-13-15-17-19-21-22-23-24-28-34-40-46-52-58-64-70-85(90)98-76-83(103-86(91)71-65-59-53-47-41-35-29-26-25-27-32-37-43-49-55-61-67-79(3)4)78-102-106(95,96)100-74-81(88)73-99-105(93,94)101-77-82(75-97-84(89)69-63-57-51-45-39-31-20-18-16-14-12-10-8-2)104-87(92)72-66-60-54-48-42-36-30-33-38-44-50-56-62-68-80(5)6/h79-83,88H,7-78H2,1-6H3,(H,93,94)(H,95,96)/t81-,82+,83+/m0/s1. The topological polar surface area (TPSA) is 237 Å². The molecule has 2 unspecified atom stereocenters. The van der Waals surface area contributed by atoms with E-state index < -0.39 is 97.5 Å². The van der Waals surface area contributed by atoms with Gasteiger partial charge in [-0.05, 0) is 37.5 Å². The van der Waals surface area contributed by atoms with Crippen LogP contribution in [-0.2, 0) is 65.4 Å². The maximum absolute atomic E-state index is 13.2. The van der Waals surface area contributed by atoms with Gasteiger partial charge in [-0.2, -0.15) is 0 Å². The maximum atomic E-state index is 13.2. The molecular weight excluding hydrogens is 1380 g/mol. The Hall–Kier alpha value is -1.94. The quantitative estimate of drug-likeness (QED) is 0.0222. The summed E-state index contributed by atoms with van der Waals surface area (Å²) in [6.07, 6.45) is 70.7. The van der Waals surface area contributed by atoms with Gasteiger partial charge in [-0.3, -0.25) is 37.3 Å². The molecule has 17 nitrogen and oxygen atoms in total. The first-order chi connectivity index (χ1) is 51.4. The normalized spacial score (nSPS) is 13.8. The summed E-state index contributed by atoms with van der Waals surface area (Å²) in [5, 5.41) is 10.7. The highest BCUT2D eigenvalue weighted by molar-refractivity contribution is 7.47. The van der Waals surface area contributed by atoms with Crippen molar-refractivity contribution in [3.05, 3.63) is 0 Å². The van der Waals surface area contributed by atoms with E-state index in [2.05, 4.69) is 41.5 Å². The highest BCUT2D eigenvalue weighted by Crippen LogP contribution is 2.45. The van der Waals surface area contributed by atoms with Crippen LogP contribution < -0.4 is 0 Å². The number of hydrogen-bond acceptors (Lipinski definition) is 15. The molecular formula is C87H170O17P2. The first kappa shape index (κ1) is 104. The van der Waals surface area contributed by atoms with E-state index in [1.807, 2.05) is 0 Å². The second-order valence-electron chi connectivity index (χ2n) is 32.2. The Balaban J connectivity index is 5.27. The molecule has 0 amide bonds. The lowest BCUT2D eigenvalue weighted by molar-refractivity contribution is -0.161. The molecule has 0 fully saturated rings. The van der Waals surface area contributed by atoms with E-state index >= 15 is 0 Å². The third kappa shape index (κ3) is 80.1. The summed E-state index contributed by atoms with van der Waals surface area (Å²) < 4.78 is 69.0. The molecule has 0 spiro atoms. The fraction of sp³-hybridized carbons (Fsp3) is 0.954. The zero-order valence-corrected chi connectivity index (χ0v) is 71.5. The second kappa shape index (κ2) is 78.3. The van der Waals surface area contributed by atoms with E-state index in [1.54, 1.807) is 0 Å². The lowest BCUT2D eigenvalue weighted by Gasteiger charge is -2.21. The minimum Gasteiger partial charge on any atom is -0.462 e. The Bertz CT molecular complexity index is 2030. The maximum Gasteiger partial charge on any atom is 0.472 e. The van der Waals surface area contributed by atoms with Crippen molar-refractivity contribution >= 4 is 39.5 Å². The van der Waals surface area contributed by atoms with Gasteiger partial charge in [0.2, 0.25) is 0 Å². The second-order valence-corrected chi connectivity index (χ2v) is 35.1. The van der Waals surface area contributed by atoms with Gasteiger partial charge in [-0.1, -0.05) is 414 Å². The minimum absolute atomic E-state index is 0.108. The monoisotopic (exact) mass is 1550 g/mol. The Morgan fingerprint density at radius 2 is 0.434 bits per heavy atom. The smallest absolute Gasteiger partial charge is 0.462 e. The van der Waals surface area contributed by atoms with Crippen LogP contribution in [0.2, 0.25) is 0 Å². The lowest BCUT2D eigenvalue weighted by atomic mass is 10.0. The molecule has 0 aliphatic carbocycles. The van der Waals surface area contributed by atoms with Crippen LogP contribution in [0, 0.1) is 11.8 Å². The average molecular weight is 1550 g/mol. The van der Waals surface area contributed by atoms with E-state index in [1.165, 1.54) is 283 Å². The van der Waals surface area contributed by atoms with Crippen LogP contribution >= 0.6 is 15.6 Å². The third-order valence-electron chi connectivity index (χ3n) is 20.5. The van der Waals surface area contributed by atoms with Crippen LogP contribution in [0.1, 0.15) is 465 Å². The average Bonchev–Trinajstić information content (AvgIpc) is 0.990. The predicted molar refractivity (Wildman–Crippen MR) is 437 cm³/mol. The van der Waals surface area contributed by atoms with E-state index in [0.717, 1.165) is 102 Å². The van der Waals surface area contributed by atoms with Crippen molar-refractivity contribution in [2.24, 2.45) is 11.8 Å². The van der Waals surface area contributed by atoms with Crippen molar-refractivity contribution in [1.29, 1.82) is 0 Å². The summed E-state index contributed by atoms with van der Waals surface area (Å²) in [5.74, 6) is -0.502. The van der Waals surface area contributed by atoms with Gasteiger partial charge in [0.15, 0.2) is 12.2 Å². The van der Waals surface area contributed by atoms with Crippen LogP contribution in [0.3, 0.4) is 0 Å². The van der Waals surface area contributed by atoms with Crippen LogP contribution in [-0.4, -0.2) is 96.7 Å². The molecule has 0 saturated heterocycles. The van der Waals surface area contributed by atoms with Gasteiger partial charge in [0, 0.05) is 25.7 Å². The number of unbranched alkanes of at least 4 members (excludes halogenated alkanes) is 56. The molecule has 0 saturated carbocycles. The number of ether oxygens (including phenoxy) is 4. The summed E-state index contributed by atoms with van der Waals surface area (Å²) in [7, 11) is -9.93. The molecule has 0 bridgehead atoms. The molecule has 0 heterocycles. The molecule has 0 radical (unpaired) electrons. The number of phosphoric acid groups is 2. The molecule has 0 aliphatic rings. The predicted octanol–water partition coefficient (Wildman–Crippen LogP) is 26.6. The zero-order valence-electron chi connectivity index (χ0n) is 69.7. The summed E-state index contributed by atoms with van der Waals surface area (Å²) >= 11 is 0. The van der Waals surface area contributed by atoms with Crippen molar-refractivity contribution in [3.63, 3.8) is 0 Å². The number of esters is 4. The number of hydrogen-bond donors (Lipinski definition) is 3. The summed E-state index contributed by atoms with van der Waals surface area (Å²) in [4.78, 5) is 73.3. The number of aliphatic hydroxyl groups excluding tert-OH is 1. The molecule has 5 atom stereocenters. The van der Waals surface area contributed by atoms with E-state index in [0.29, 0.717) is 25.7 Å². The highest BCUT2D eigenvalue weighted by Gasteiger charge is 2.30. The fourth-order valence-electron chi connectivity index (χ4n) is 13.6. The van der Waals surface area contributed by atoms with Crippen molar-refractivity contribution in [1.82, 2.24) is 0 Å². The number of aliphatic hydroxyl groups is 1. The van der Waals surface area contributed by atoms with Crippen molar-refractivity contribution in [2.75, 3.05) is 39.6 Å². The SMILES string of the molecule is CCCCCCCCCCCCCCCCCCCCC(=O)OC[C@H](COP(=O)(O)OC[C@@H](O)COP(=O)(O)OC[C@@H](COC(=O)CCCCCCCCCCCCCCC)OC(=O)CCCCCCCCCCCCCCCC(C)C)OC(=O)CCCCCCCCCCCCCCCCCCC(C)C. The Morgan fingerprint density at radius 1 is 0.255 bits per heavy atom. The largest absolute Gasteiger partial charge is 0.472 e. The first-order valence-corrected chi connectivity index (χ1v) is 48.0. The molecule has 0 aromatic heterocycles.